The highest BCUT2D eigenvalue weighted by Gasteiger charge is 2.19. The Labute approximate surface area is 121 Å². The van der Waals surface area contributed by atoms with E-state index >= 15 is 0 Å². The van der Waals surface area contributed by atoms with Crippen LogP contribution in [-0.4, -0.2) is 22.9 Å². The first-order chi connectivity index (χ1) is 9.69. The molecule has 2 aromatic rings. The number of para-hydroxylation sites is 1. The average Bonchev–Trinajstić information content (AvgIpc) is 2.74. The monoisotopic (exact) mass is 272 g/mol. The lowest BCUT2D eigenvalue weighted by Crippen LogP contribution is -2.22. The number of rotatable bonds is 6. The van der Waals surface area contributed by atoms with Crippen LogP contribution in [0.1, 0.15) is 25.1 Å². The Balaban J connectivity index is 2.43. The van der Waals surface area contributed by atoms with Gasteiger partial charge < -0.3 is 10.2 Å². The zero-order chi connectivity index (χ0) is 14.5. The van der Waals surface area contributed by atoms with Gasteiger partial charge in [-0.1, -0.05) is 25.1 Å². The lowest BCUT2D eigenvalue weighted by molar-refractivity contribution is 0.718. The summed E-state index contributed by atoms with van der Waals surface area (Å²) in [7, 11) is 2.02. The summed E-state index contributed by atoms with van der Waals surface area (Å²) < 4.78 is 1.98. The molecule has 0 saturated carbocycles. The molecule has 0 radical (unpaired) electrons. The molecule has 0 aliphatic carbocycles. The van der Waals surface area contributed by atoms with Crippen molar-refractivity contribution in [1.82, 2.24) is 15.1 Å². The zero-order valence-electron chi connectivity index (χ0n) is 12.8. The smallest absolute Gasteiger partial charge is 0.135 e. The number of hydrogen-bond acceptors (Lipinski definition) is 3. The van der Waals surface area contributed by atoms with Crippen molar-refractivity contribution in [3.63, 3.8) is 0 Å². The molecule has 0 unspecified atom stereocenters. The molecule has 1 aromatic heterocycles. The van der Waals surface area contributed by atoms with Gasteiger partial charge in [-0.3, -0.25) is 4.68 Å². The SMILES string of the molecule is CCNCc1c(C)nn(C)c1N(CC)c1ccccc1. The molecule has 4 nitrogen and oxygen atoms in total. The third-order valence-corrected chi connectivity index (χ3v) is 3.50. The first-order valence-corrected chi connectivity index (χ1v) is 7.24. The topological polar surface area (TPSA) is 33.1 Å². The molecule has 0 atom stereocenters. The Bertz CT molecular complexity index is 545. The molecule has 1 N–H and O–H groups in total. The van der Waals surface area contributed by atoms with Crippen LogP contribution in [0.3, 0.4) is 0 Å². The quantitative estimate of drug-likeness (QED) is 0.877. The Morgan fingerprint density at radius 1 is 1.20 bits per heavy atom. The number of hydrogen-bond donors (Lipinski definition) is 1. The summed E-state index contributed by atoms with van der Waals surface area (Å²) in [6, 6.07) is 10.5. The molecule has 0 amide bonds. The summed E-state index contributed by atoms with van der Waals surface area (Å²) in [5.41, 5.74) is 3.58. The molecule has 0 spiro atoms. The first-order valence-electron chi connectivity index (χ1n) is 7.24. The van der Waals surface area contributed by atoms with Crippen molar-refractivity contribution in [3.05, 3.63) is 41.6 Å². The molecule has 1 aromatic carbocycles. The van der Waals surface area contributed by atoms with Crippen molar-refractivity contribution in [2.75, 3.05) is 18.0 Å². The number of nitrogens with zero attached hydrogens (tertiary/aromatic N) is 3. The van der Waals surface area contributed by atoms with Crippen LogP contribution >= 0.6 is 0 Å². The van der Waals surface area contributed by atoms with Gasteiger partial charge in [-0.05, 0) is 32.5 Å². The maximum atomic E-state index is 4.59. The fourth-order valence-electron chi connectivity index (χ4n) is 2.55. The van der Waals surface area contributed by atoms with Crippen LogP contribution in [0, 0.1) is 6.92 Å². The summed E-state index contributed by atoms with van der Waals surface area (Å²) in [5.74, 6) is 1.18. The van der Waals surface area contributed by atoms with Gasteiger partial charge in [0.25, 0.3) is 0 Å². The molecular formula is C16H24N4. The van der Waals surface area contributed by atoms with Gasteiger partial charge in [-0.15, -0.1) is 0 Å². The Morgan fingerprint density at radius 2 is 1.90 bits per heavy atom. The van der Waals surface area contributed by atoms with Crippen LogP contribution in [0.15, 0.2) is 30.3 Å². The van der Waals surface area contributed by atoms with Crippen molar-refractivity contribution in [3.8, 4) is 0 Å². The third kappa shape index (κ3) is 2.85. The minimum atomic E-state index is 0.856. The highest BCUT2D eigenvalue weighted by molar-refractivity contribution is 5.64. The molecule has 1 heterocycles. The number of nitrogens with one attached hydrogen (secondary N) is 1. The molecule has 0 aliphatic heterocycles. The Hall–Kier alpha value is -1.81. The van der Waals surface area contributed by atoms with Crippen molar-refractivity contribution in [2.45, 2.75) is 27.3 Å². The number of aryl methyl sites for hydroxylation is 2. The molecule has 4 heteroatoms. The summed E-state index contributed by atoms with van der Waals surface area (Å²) in [5, 5.41) is 8.00. The fraction of sp³-hybridized carbons (Fsp3) is 0.438. The summed E-state index contributed by atoms with van der Waals surface area (Å²) in [6.07, 6.45) is 0. The van der Waals surface area contributed by atoms with E-state index in [-0.39, 0.29) is 0 Å². The maximum absolute atomic E-state index is 4.59. The number of benzene rings is 1. The van der Waals surface area contributed by atoms with Gasteiger partial charge in [-0.2, -0.15) is 5.10 Å². The van der Waals surface area contributed by atoms with Gasteiger partial charge in [0.05, 0.1) is 5.69 Å². The molecule has 20 heavy (non-hydrogen) atoms. The summed E-state index contributed by atoms with van der Waals surface area (Å²) in [6.45, 7) is 9.11. The van der Waals surface area contributed by atoms with E-state index in [0.29, 0.717) is 0 Å². The van der Waals surface area contributed by atoms with Gasteiger partial charge in [0.1, 0.15) is 5.82 Å². The van der Waals surface area contributed by atoms with Gasteiger partial charge in [0.15, 0.2) is 0 Å². The predicted octanol–water partition coefficient (Wildman–Crippen LogP) is 3.00. The molecule has 0 fully saturated rings. The second-order valence-corrected chi connectivity index (χ2v) is 4.87. The van der Waals surface area contributed by atoms with E-state index in [9.17, 15) is 0 Å². The standard InChI is InChI=1S/C16H24N4/c1-5-17-12-15-13(3)18-19(4)16(15)20(6-2)14-10-8-7-9-11-14/h7-11,17H,5-6,12H2,1-4H3. The maximum Gasteiger partial charge on any atom is 0.135 e. The highest BCUT2D eigenvalue weighted by Crippen LogP contribution is 2.29. The molecule has 2 rings (SSSR count). The molecule has 0 bridgehead atoms. The van der Waals surface area contributed by atoms with Gasteiger partial charge in [0, 0.05) is 31.4 Å². The molecule has 108 valence electrons. The van der Waals surface area contributed by atoms with Gasteiger partial charge >= 0.3 is 0 Å². The van der Waals surface area contributed by atoms with Crippen LogP contribution in [-0.2, 0) is 13.6 Å². The number of anilines is 2. The molecular weight excluding hydrogens is 248 g/mol. The van der Waals surface area contributed by atoms with Crippen LogP contribution in [0.5, 0.6) is 0 Å². The summed E-state index contributed by atoms with van der Waals surface area (Å²) in [4.78, 5) is 2.31. The van der Waals surface area contributed by atoms with E-state index in [1.807, 2.05) is 17.8 Å². The minimum absolute atomic E-state index is 0.856. The fourth-order valence-corrected chi connectivity index (χ4v) is 2.55. The Morgan fingerprint density at radius 3 is 2.50 bits per heavy atom. The average molecular weight is 272 g/mol. The van der Waals surface area contributed by atoms with E-state index in [2.05, 4.69) is 60.4 Å². The lowest BCUT2D eigenvalue weighted by atomic mass is 10.2. The van der Waals surface area contributed by atoms with E-state index in [4.69, 9.17) is 0 Å². The van der Waals surface area contributed by atoms with Gasteiger partial charge in [0.2, 0.25) is 0 Å². The summed E-state index contributed by atoms with van der Waals surface area (Å²) >= 11 is 0. The van der Waals surface area contributed by atoms with Crippen molar-refractivity contribution < 1.29 is 0 Å². The predicted molar refractivity (Wildman–Crippen MR) is 84.4 cm³/mol. The normalized spacial score (nSPS) is 10.8. The van der Waals surface area contributed by atoms with Gasteiger partial charge in [-0.25, -0.2) is 0 Å². The van der Waals surface area contributed by atoms with Crippen molar-refractivity contribution in [1.29, 1.82) is 0 Å². The van der Waals surface area contributed by atoms with Crippen LogP contribution in [0.2, 0.25) is 0 Å². The molecule has 0 saturated heterocycles. The first kappa shape index (κ1) is 14.6. The van der Waals surface area contributed by atoms with E-state index in [1.54, 1.807) is 0 Å². The van der Waals surface area contributed by atoms with Crippen molar-refractivity contribution in [2.24, 2.45) is 7.05 Å². The largest absolute Gasteiger partial charge is 0.327 e. The van der Waals surface area contributed by atoms with E-state index in [1.165, 1.54) is 17.1 Å². The van der Waals surface area contributed by atoms with Crippen LogP contribution in [0.25, 0.3) is 0 Å². The Kier molecular flexibility index (Phi) is 4.79. The third-order valence-electron chi connectivity index (χ3n) is 3.50. The van der Waals surface area contributed by atoms with Crippen LogP contribution < -0.4 is 10.2 Å². The number of aromatic nitrogens is 2. The van der Waals surface area contributed by atoms with E-state index in [0.717, 1.165) is 25.3 Å². The van der Waals surface area contributed by atoms with Crippen LogP contribution in [0.4, 0.5) is 11.5 Å². The van der Waals surface area contributed by atoms with E-state index < -0.39 is 0 Å². The van der Waals surface area contributed by atoms with Crippen molar-refractivity contribution >= 4 is 11.5 Å². The molecule has 0 aliphatic rings. The highest BCUT2D eigenvalue weighted by atomic mass is 15.4. The lowest BCUT2D eigenvalue weighted by Gasteiger charge is -2.24. The zero-order valence-corrected chi connectivity index (χ0v) is 12.8. The minimum Gasteiger partial charge on any atom is -0.327 e. The second kappa shape index (κ2) is 6.57. The second-order valence-electron chi connectivity index (χ2n) is 4.87.